The number of carbonyl (C=O) groups is 1. The molecule has 1 aliphatic carbocycles. The molecule has 1 aromatic heterocycles. The average Bonchev–Trinajstić information content (AvgIpc) is 2.75. The highest BCUT2D eigenvalue weighted by Gasteiger charge is 2.29. The van der Waals surface area contributed by atoms with Gasteiger partial charge in [-0.1, -0.05) is 24.3 Å². The molecule has 2 aliphatic rings. The number of ether oxygens (including phenoxy) is 2. The van der Waals surface area contributed by atoms with Gasteiger partial charge < -0.3 is 14.8 Å². The summed E-state index contributed by atoms with van der Waals surface area (Å²) in [7, 11) is 0. The van der Waals surface area contributed by atoms with Crippen LogP contribution in [0.4, 0.5) is 0 Å². The van der Waals surface area contributed by atoms with Crippen LogP contribution in [0.25, 0.3) is 0 Å². The second-order valence-corrected chi connectivity index (χ2v) is 7.19. The van der Waals surface area contributed by atoms with E-state index in [1.165, 1.54) is 18.0 Å². The molecular weight excluding hydrogens is 356 g/mol. The Bertz CT molecular complexity index is 887. The number of aromatic nitrogens is 2. The van der Waals surface area contributed by atoms with Gasteiger partial charge in [-0.05, 0) is 36.8 Å². The largest absolute Gasteiger partial charge is 0.472 e. The van der Waals surface area contributed by atoms with E-state index in [9.17, 15) is 4.79 Å². The smallest absolute Gasteiger partial charge is 0.251 e. The lowest BCUT2D eigenvalue weighted by Gasteiger charge is -2.31. The standard InChI is InChI=1S/C21H22N4O3/c22-12-18-21(24-10-9-23-18)28-17-7-5-16(6-8-17)25-20(26)19-11-14-3-1-2-4-15(14)13-27-19/h1-4,9-10,16-17,19H,5-8,11,13H2,(H,25,26)/t16?,17?,19-/m0/s1. The first-order chi connectivity index (χ1) is 13.7. The number of benzene rings is 1. The van der Waals surface area contributed by atoms with Gasteiger partial charge in [-0.25, -0.2) is 9.97 Å². The maximum Gasteiger partial charge on any atom is 0.251 e. The van der Waals surface area contributed by atoms with Crippen LogP contribution in [0.15, 0.2) is 36.7 Å². The molecule has 2 heterocycles. The molecular formula is C21H22N4O3. The van der Waals surface area contributed by atoms with Crippen molar-refractivity contribution < 1.29 is 14.3 Å². The molecule has 1 aliphatic heterocycles. The fourth-order valence-electron chi connectivity index (χ4n) is 3.78. The Hall–Kier alpha value is -2.98. The summed E-state index contributed by atoms with van der Waals surface area (Å²) in [5.74, 6) is 0.242. The van der Waals surface area contributed by atoms with Crippen LogP contribution in [0.2, 0.25) is 0 Å². The predicted molar refractivity (Wildman–Crippen MR) is 100 cm³/mol. The molecule has 7 heteroatoms. The molecule has 0 spiro atoms. The van der Waals surface area contributed by atoms with Gasteiger partial charge in [0, 0.05) is 24.9 Å². The van der Waals surface area contributed by atoms with Gasteiger partial charge in [-0.2, -0.15) is 5.26 Å². The molecule has 0 unspecified atom stereocenters. The van der Waals surface area contributed by atoms with E-state index in [-0.39, 0.29) is 29.6 Å². The van der Waals surface area contributed by atoms with Crippen molar-refractivity contribution in [3.8, 4) is 11.9 Å². The van der Waals surface area contributed by atoms with E-state index in [4.69, 9.17) is 14.7 Å². The number of amides is 1. The number of hydrogen-bond donors (Lipinski definition) is 1. The van der Waals surface area contributed by atoms with E-state index in [1.54, 1.807) is 0 Å². The first-order valence-corrected chi connectivity index (χ1v) is 9.59. The topological polar surface area (TPSA) is 97.1 Å². The van der Waals surface area contributed by atoms with E-state index >= 15 is 0 Å². The van der Waals surface area contributed by atoms with Crippen LogP contribution in [0.3, 0.4) is 0 Å². The molecule has 144 valence electrons. The Balaban J connectivity index is 1.27. The van der Waals surface area contributed by atoms with Gasteiger partial charge in [-0.3, -0.25) is 4.79 Å². The van der Waals surface area contributed by atoms with Crippen molar-refractivity contribution in [1.29, 1.82) is 5.26 Å². The second kappa shape index (κ2) is 8.36. The van der Waals surface area contributed by atoms with Crippen LogP contribution < -0.4 is 10.1 Å². The summed E-state index contributed by atoms with van der Waals surface area (Å²) in [6.45, 7) is 0.480. The third kappa shape index (κ3) is 4.12. The third-order valence-corrected chi connectivity index (χ3v) is 5.33. The Morgan fingerprint density at radius 3 is 2.68 bits per heavy atom. The second-order valence-electron chi connectivity index (χ2n) is 7.19. The van der Waals surface area contributed by atoms with E-state index in [2.05, 4.69) is 21.4 Å². The summed E-state index contributed by atoms with van der Waals surface area (Å²) < 4.78 is 11.6. The summed E-state index contributed by atoms with van der Waals surface area (Å²) in [4.78, 5) is 20.7. The van der Waals surface area contributed by atoms with Crippen molar-refractivity contribution in [1.82, 2.24) is 15.3 Å². The van der Waals surface area contributed by atoms with Crippen LogP contribution >= 0.6 is 0 Å². The highest BCUT2D eigenvalue weighted by molar-refractivity contribution is 5.81. The van der Waals surface area contributed by atoms with Crippen molar-refractivity contribution in [3.05, 3.63) is 53.5 Å². The first kappa shape index (κ1) is 18.4. The maximum atomic E-state index is 12.6. The molecule has 4 rings (SSSR count). The molecule has 2 aromatic rings. The molecule has 1 fully saturated rings. The third-order valence-electron chi connectivity index (χ3n) is 5.33. The SMILES string of the molecule is N#Cc1nccnc1OC1CCC(NC(=O)[C@@H]2Cc3ccccc3CO2)CC1. The summed E-state index contributed by atoms with van der Waals surface area (Å²) in [6.07, 6.45) is 6.39. The van der Waals surface area contributed by atoms with Gasteiger partial charge in [0.2, 0.25) is 11.6 Å². The summed E-state index contributed by atoms with van der Waals surface area (Å²) >= 11 is 0. The van der Waals surface area contributed by atoms with Gasteiger partial charge in [0.05, 0.1) is 6.61 Å². The molecule has 7 nitrogen and oxygen atoms in total. The van der Waals surface area contributed by atoms with Crippen LogP contribution in [0.1, 0.15) is 42.5 Å². The van der Waals surface area contributed by atoms with E-state index < -0.39 is 6.10 Å². The lowest BCUT2D eigenvalue weighted by molar-refractivity contribution is -0.135. The number of nitriles is 1. The normalized spacial score (nSPS) is 23.9. The Labute approximate surface area is 163 Å². The van der Waals surface area contributed by atoms with Gasteiger partial charge in [0.15, 0.2) is 0 Å². The molecule has 1 aromatic carbocycles. The van der Waals surface area contributed by atoms with Gasteiger partial charge in [-0.15, -0.1) is 0 Å². The highest BCUT2D eigenvalue weighted by Crippen LogP contribution is 2.25. The minimum atomic E-state index is -0.429. The maximum absolute atomic E-state index is 12.6. The molecule has 1 saturated carbocycles. The number of hydrogen-bond acceptors (Lipinski definition) is 6. The molecule has 1 atom stereocenters. The van der Waals surface area contributed by atoms with Crippen molar-refractivity contribution in [2.24, 2.45) is 0 Å². The van der Waals surface area contributed by atoms with E-state index in [1.807, 2.05) is 24.3 Å². The Morgan fingerprint density at radius 1 is 1.14 bits per heavy atom. The number of rotatable bonds is 4. The van der Waals surface area contributed by atoms with Crippen LogP contribution in [-0.2, 0) is 22.6 Å². The lowest BCUT2D eigenvalue weighted by atomic mass is 9.92. The number of carbonyl (C=O) groups excluding carboxylic acids is 1. The van der Waals surface area contributed by atoms with Gasteiger partial charge in [0.1, 0.15) is 18.3 Å². The van der Waals surface area contributed by atoms with Gasteiger partial charge >= 0.3 is 0 Å². The van der Waals surface area contributed by atoms with Crippen molar-refractivity contribution in [2.45, 2.75) is 57.0 Å². The summed E-state index contributed by atoms with van der Waals surface area (Å²) in [5, 5.41) is 12.2. The number of nitrogens with one attached hydrogen (secondary N) is 1. The predicted octanol–water partition coefficient (Wildman–Crippen LogP) is 2.30. The van der Waals surface area contributed by atoms with E-state index in [0.717, 1.165) is 31.2 Å². The fourth-order valence-corrected chi connectivity index (χ4v) is 3.78. The molecule has 0 radical (unpaired) electrons. The van der Waals surface area contributed by atoms with Crippen LogP contribution in [0, 0.1) is 11.3 Å². The summed E-state index contributed by atoms with van der Waals surface area (Å²) in [6, 6.07) is 10.2. The molecule has 1 amide bonds. The lowest BCUT2D eigenvalue weighted by Crippen LogP contribution is -2.46. The highest BCUT2D eigenvalue weighted by atomic mass is 16.5. The molecule has 0 saturated heterocycles. The quantitative estimate of drug-likeness (QED) is 0.877. The number of fused-ring (bicyclic) bond motifs is 1. The minimum Gasteiger partial charge on any atom is -0.472 e. The monoisotopic (exact) mass is 378 g/mol. The molecule has 28 heavy (non-hydrogen) atoms. The van der Waals surface area contributed by atoms with Crippen LogP contribution in [0.5, 0.6) is 5.88 Å². The summed E-state index contributed by atoms with van der Waals surface area (Å²) in [5.41, 5.74) is 2.54. The van der Waals surface area contributed by atoms with Crippen molar-refractivity contribution in [2.75, 3.05) is 0 Å². The number of nitrogens with zero attached hydrogens (tertiary/aromatic N) is 3. The van der Waals surface area contributed by atoms with E-state index in [0.29, 0.717) is 13.0 Å². The van der Waals surface area contributed by atoms with Crippen molar-refractivity contribution in [3.63, 3.8) is 0 Å². The van der Waals surface area contributed by atoms with Crippen molar-refractivity contribution >= 4 is 5.91 Å². The Morgan fingerprint density at radius 2 is 1.89 bits per heavy atom. The zero-order chi connectivity index (χ0) is 19.3. The molecule has 0 bridgehead atoms. The average molecular weight is 378 g/mol. The van der Waals surface area contributed by atoms with Crippen LogP contribution in [-0.4, -0.2) is 34.1 Å². The molecule has 1 N–H and O–H groups in total. The fraction of sp³-hybridized carbons (Fsp3) is 0.429. The zero-order valence-corrected chi connectivity index (χ0v) is 15.5. The minimum absolute atomic E-state index is 0.0187. The Kier molecular flexibility index (Phi) is 5.49. The zero-order valence-electron chi connectivity index (χ0n) is 15.5. The van der Waals surface area contributed by atoms with Gasteiger partial charge in [0.25, 0.3) is 5.88 Å². The first-order valence-electron chi connectivity index (χ1n) is 9.59.